The van der Waals surface area contributed by atoms with Crippen LogP contribution in [0, 0.1) is 0 Å². The zero-order valence-electron chi connectivity index (χ0n) is 15.0. The smallest absolute Gasteiger partial charge is 0.255 e. The van der Waals surface area contributed by atoms with E-state index in [0.29, 0.717) is 18.5 Å². The number of imide groups is 1. The van der Waals surface area contributed by atoms with Gasteiger partial charge >= 0.3 is 0 Å². The molecule has 3 amide bonds. The summed E-state index contributed by atoms with van der Waals surface area (Å²) in [5, 5.41) is 3.29. The molecule has 8 heteroatoms. The molecule has 27 heavy (non-hydrogen) atoms. The molecule has 1 aromatic rings. The van der Waals surface area contributed by atoms with Crippen molar-refractivity contribution in [3.8, 4) is 0 Å². The lowest BCUT2D eigenvalue weighted by atomic mass is 10.0. The van der Waals surface area contributed by atoms with Gasteiger partial charge in [-0.15, -0.1) is 11.8 Å². The Hall–Kier alpha value is -1.38. The molecule has 2 heterocycles. The molecule has 3 rings (SSSR count). The predicted molar refractivity (Wildman–Crippen MR) is 107 cm³/mol. The largest absolute Gasteiger partial charge is 0.381 e. The number of carbonyl (C=O) groups is 3. The Labute approximate surface area is 171 Å². The van der Waals surface area contributed by atoms with Gasteiger partial charge in [0.1, 0.15) is 6.04 Å². The van der Waals surface area contributed by atoms with Crippen molar-refractivity contribution in [3.05, 3.63) is 29.3 Å². The first-order valence-corrected chi connectivity index (χ1v) is 11.3. The minimum atomic E-state index is -0.566. The van der Waals surface area contributed by atoms with Crippen LogP contribution >= 0.6 is 27.7 Å². The van der Waals surface area contributed by atoms with Gasteiger partial charge in [-0.2, -0.15) is 0 Å². The first-order valence-electron chi connectivity index (χ1n) is 9.15. The number of rotatable bonds is 9. The molecule has 1 aromatic carbocycles. The van der Waals surface area contributed by atoms with Gasteiger partial charge in [0.2, 0.25) is 11.8 Å². The molecular formula is C19H23BrN2O4S. The number of piperidine rings is 1. The number of nitrogens with zero attached hydrogens (tertiary/aromatic N) is 1. The molecule has 1 atom stereocenters. The summed E-state index contributed by atoms with van der Waals surface area (Å²) in [7, 11) is 0. The fraction of sp³-hybridized carbons (Fsp3) is 0.526. The van der Waals surface area contributed by atoms with Crippen LogP contribution in [0.2, 0.25) is 0 Å². The molecular weight excluding hydrogens is 432 g/mol. The second kappa shape index (κ2) is 9.71. The number of benzene rings is 1. The van der Waals surface area contributed by atoms with E-state index in [1.165, 1.54) is 0 Å². The number of carbonyl (C=O) groups excluding carboxylic acids is 3. The Bertz CT molecular complexity index is 728. The number of alkyl halides is 1. The SMILES string of the molecule is O=C1CCC(N2Cc3c(SCCCOCCCBr)cccc3C2=O)C(=O)N1. The lowest BCUT2D eigenvalue weighted by Gasteiger charge is -2.29. The summed E-state index contributed by atoms with van der Waals surface area (Å²) in [6, 6.07) is 5.16. The Kier molecular flexibility index (Phi) is 7.32. The summed E-state index contributed by atoms with van der Waals surface area (Å²) in [5.74, 6) is 0.148. The van der Waals surface area contributed by atoms with Crippen LogP contribution < -0.4 is 5.32 Å². The normalized spacial score (nSPS) is 19.4. The van der Waals surface area contributed by atoms with Crippen LogP contribution in [0.1, 0.15) is 41.6 Å². The van der Waals surface area contributed by atoms with E-state index in [1.807, 2.05) is 18.2 Å². The van der Waals surface area contributed by atoms with Crippen LogP contribution in [0.4, 0.5) is 0 Å². The van der Waals surface area contributed by atoms with Gasteiger partial charge in [0, 0.05) is 47.7 Å². The Morgan fingerprint density at radius 3 is 2.81 bits per heavy atom. The van der Waals surface area contributed by atoms with Gasteiger partial charge in [0.05, 0.1) is 0 Å². The average molecular weight is 455 g/mol. The van der Waals surface area contributed by atoms with Gasteiger partial charge in [-0.05, 0) is 37.0 Å². The summed E-state index contributed by atoms with van der Waals surface area (Å²) >= 11 is 5.10. The number of hydrogen-bond acceptors (Lipinski definition) is 5. The van der Waals surface area contributed by atoms with Gasteiger partial charge in [0.15, 0.2) is 0 Å². The Balaban J connectivity index is 1.59. The quantitative estimate of drug-likeness (QED) is 0.268. The van der Waals surface area contributed by atoms with Gasteiger partial charge in [0.25, 0.3) is 5.91 Å². The number of halogens is 1. The van der Waals surface area contributed by atoms with Gasteiger partial charge in [-0.3, -0.25) is 19.7 Å². The highest BCUT2D eigenvalue weighted by Gasteiger charge is 2.39. The highest BCUT2D eigenvalue weighted by atomic mass is 79.9. The van der Waals surface area contributed by atoms with Gasteiger partial charge in [-0.1, -0.05) is 22.0 Å². The zero-order chi connectivity index (χ0) is 19.2. The van der Waals surface area contributed by atoms with E-state index in [-0.39, 0.29) is 24.1 Å². The number of thioether (sulfide) groups is 1. The van der Waals surface area contributed by atoms with Crippen LogP contribution in [0.5, 0.6) is 0 Å². The molecule has 0 spiro atoms. The average Bonchev–Trinajstić information content (AvgIpc) is 2.98. The molecule has 6 nitrogen and oxygen atoms in total. The molecule has 0 bridgehead atoms. The number of amides is 3. The van der Waals surface area contributed by atoms with E-state index in [1.54, 1.807) is 16.7 Å². The third-order valence-corrected chi connectivity index (χ3v) is 6.40. The fourth-order valence-corrected chi connectivity index (χ4v) is 4.53. The molecule has 146 valence electrons. The molecule has 2 aliphatic heterocycles. The van der Waals surface area contributed by atoms with Crippen LogP contribution in [0.3, 0.4) is 0 Å². The monoisotopic (exact) mass is 454 g/mol. The lowest BCUT2D eigenvalue weighted by Crippen LogP contribution is -2.52. The topological polar surface area (TPSA) is 75.7 Å². The second-order valence-electron chi connectivity index (χ2n) is 6.54. The summed E-state index contributed by atoms with van der Waals surface area (Å²) in [5.41, 5.74) is 1.65. The van der Waals surface area contributed by atoms with E-state index in [4.69, 9.17) is 4.74 Å². The van der Waals surface area contributed by atoms with Crippen LogP contribution in [-0.2, 0) is 20.9 Å². The fourth-order valence-electron chi connectivity index (χ4n) is 3.29. The minimum Gasteiger partial charge on any atom is -0.381 e. The first-order chi connectivity index (χ1) is 13.1. The molecule has 2 aliphatic rings. The molecule has 1 fully saturated rings. The van der Waals surface area contributed by atoms with Gasteiger partial charge < -0.3 is 9.64 Å². The standard InChI is InChI=1S/C19H23BrN2O4S/c20-8-2-9-26-10-3-11-27-16-5-1-4-13-14(16)12-22(19(13)25)15-6-7-17(23)21-18(15)24/h1,4-5,15H,2-3,6-12H2,(H,21,23,24). The molecule has 0 saturated carbocycles. The molecule has 0 radical (unpaired) electrons. The maximum Gasteiger partial charge on any atom is 0.255 e. The highest BCUT2D eigenvalue weighted by molar-refractivity contribution is 9.09. The maximum absolute atomic E-state index is 12.8. The van der Waals surface area contributed by atoms with Crippen LogP contribution in [0.15, 0.2) is 23.1 Å². The molecule has 1 saturated heterocycles. The van der Waals surface area contributed by atoms with E-state index < -0.39 is 6.04 Å². The summed E-state index contributed by atoms with van der Waals surface area (Å²) in [6.45, 7) is 1.92. The van der Waals surface area contributed by atoms with Crippen molar-refractivity contribution in [1.82, 2.24) is 10.2 Å². The lowest BCUT2D eigenvalue weighted by molar-refractivity contribution is -0.136. The van der Waals surface area contributed by atoms with Crippen LogP contribution in [-0.4, -0.2) is 53.0 Å². The third kappa shape index (κ3) is 4.92. The second-order valence-corrected chi connectivity index (χ2v) is 8.47. The van der Waals surface area contributed by atoms with Gasteiger partial charge in [-0.25, -0.2) is 0 Å². The summed E-state index contributed by atoms with van der Waals surface area (Å²) < 4.78 is 5.56. The molecule has 0 aromatic heterocycles. The number of hydrogen-bond donors (Lipinski definition) is 1. The van der Waals surface area contributed by atoms with E-state index in [2.05, 4.69) is 21.2 Å². The number of ether oxygens (including phenoxy) is 1. The van der Waals surface area contributed by atoms with E-state index >= 15 is 0 Å². The Morgan fingerprint density at radius 2 is 2.04 bits per heavy atom. The van der Waals surface area contributed by atoms with E-state index in [0.717, 1.165) is 47.6 Å². The zero-order valence-corrected chi connectivity index (χ0v) is 17.4. The summed E-state index contributed by atoms with van der Waals surface area (Å²) in [4.78, 5) is 39.0. The van der Waals surface area contributed by atoms with Crippen molar-refractivity contribution in [2.75, 3.05) is 24.3 Å². The third-order valence-electron chi connectivity index (χ3n) is 4.65. The predicted octanol–water partition coefficient (Wildman–Crippen LogP) is 2.73. The van der Waals surface area contributed by atoms with Crippen LogP contribution in [0.25, 0.3) is 0 Å². The van der Waals surface area contributed by atoms with Crippen molar-refractivity contribution in [3.63, 3.8) is 0 Å². The molecule has 1 unspecified atom stereocenters. The minimum absolute atomic E-state index is 0.125. The van der Waals surface area contributed by atoms with Crippen molar-refractivity contribution >= 4 is 45.4 Å². The van der Waals surface area contributed by atoms with E-state index in [9.17, 15) is 14.4 Å². The van der Waals surface area contributed by atoms with Crippen molar-refractivity contribution in [2.24, 2.45) is 0 Å². The maximum atomic E-state index is 12.8. The highest BCUT2D eigenvalue weighted by Crippen LogP contribution is 2.34. The van der Waals surface area contributed by atoms with Crippen molar-refractivity contribution in [1.29, 1.82) is 0 Å². The first kappa shape index (κ1) is 20.4. The molecule has 0 aliphatic carbocycles. The molecule has 1 N–H and O–H groups in total. The number of nitrogens with one attached hydrogen (secondary N) is 1. The van der Waals surface area contributed by atoms with Crippen molar-refractivity contribution in [2.45, 2.75) is 43.2 Å². The number of fused-ring (bicyclic) bond motifs is 1. The van der Waals surface area contributed by atoms with Crippen molar-refractivity contribution < 1.29 is 19.1 Å². The summed E-state index contributed by atoms with van der Waals surface area (Å²) in [6.07, 6.45) is 2.62. The Morgan fingerprint density at radius 1 is 1.22 bits per heavy atom.